The third-order valence-corrected chi connectivity index (χ3v) is 8.63. The van der Waals surface area contributed by atoms with Gasteiger partial charge < -0.3 is 24.8 Å². The second-order valence-electron chi connectivity index (χ2n) is 11.4. The van der Waals surface area contributed by atoms with Crippen LogP contribution in [0.5, 0.6) is 6.01 Å². The molecule has 0 radical (unpaired) electrons. The highest BCUT2D eigenvalue weighted by Gasteiger charge is 2.39. The summed E-state index contributed by atoms with van der Waals surface area (Å²) >= 11 is 0. The standard InChI is InChI=1S/C33H34N8O2/c1-22-6-4-7-23-8-5-10-29(30(22)23)39-15-12-26-28(20-39)37-33(43-21-24-9-2-3-14-35-24)38-31(26)40-16-17-41(25(19-40)11-13-34)32(42)27-18-36-27/h2-10,14,25,27,36H,11-12,15-21H2,1H3/t25-,27+/m0/s1. The van der Waals surface area contributed by atoms with E-state index in [2.05, 4.69) is 69.5 Å². The van der Waals surface area contributed by atoms with Crippen molar-refractivity contribution in [2.75, 3.05) is 42.5 Å². The molecule has 3 aliphatic heterocycles. The number of anilines is 2. The van der Waals surface area contributed by atoms with Crippen LogP contribution in [0.15, 0.2) is 60.8 Å². The quantitative estimate of drug-likeness (QED) is 0.331. The third kappa shape index (κ3) is 5.44. The first-order valence-corrected chi connectivity index (χ1v) is 14.9. The van der Waals surface area contributed by atoms with E-state index < -0.39 is 0 Å². The molecule has 1 N–H and O–H groups in total. The van der Waals surface area contributed by atoms with Crippen molar-refractivity contribution in [3.63, 3.8) is 0 Å². The number of piperazine rings is 1. The van der Waals surface area contributed by atoms with E-state index in [1.54, 1.807) is 6.20 Å². The number of nitrogens with one attached hydrogen (secondary N) is 1. The molecule has 0 bridgehead atoms. The van der Waals surface area contributed by atoms with Gasteiger partial charge in [-0.05, 0) is 42.5 Å². The topological polar surface area (TPSA) is 120 Å². The molecule has 43 heavy (non-hydrogen) atoms. The van der Waals surface area contributed by atoms with Crippen molar-refractivity contribution in [2.45, 2.75) is 45.0 Å². The molecular formula is C33H34N8O2. The molecular weight excluding hydrogens is 540 g/mol. The fourth-order valence-electron chi connectivity index (χ4n) is 6.36. The summed E-state index contributed by atoms with van der Waals surface area (Å²) in [5.41, 5.74) is 5.30. The van der Waals surface area contributed by atoms with Crippen LogP contribution >= 0.6 is 0 Å². The minimum Gasteiger partial charge on any atom is -0.457 e. The molecule has 0 saturated carbocycles. The average Bonchev–Trinajstić information content (AvgIpc) is 3.89. The van der Waals surface area contributed by atoms with Crippen LogP contribution < -0.4 is 19.9 Å². The van der Waals surface area contributed by atoms with Crippen molar-refractivity contribution >= 4 is 28.2 Å². The van der Waals surface area contributed by atoms with Gasteiger partial charge in [-0.1, -0.05) is 36.4 Å². The number of amides is 1. The first-order chi connectivity index (χ1) is 21.1. The lowest BCUT2D eigenvalue weighted by Crippen LogP contribution is -2.57. The van der Waals surface area contributed by atoms with E-state index in [-0.39, 0.29) is 31.0 Å². The zero-order valence-electron chi connectivity index (χ0n) is 24.2. The molecule has 10 heteroatoms. The van der Waals surface area contributed by atoms with Gasteiger partial charge >= 0.3 is 6.01 Å². The van der Waals surface area contributed by atoms with Crippen molar-refractivity contribution < 1.29 is 9.53 Å². The molecule has 2 aromatic heterocycles. The smallest absolute Gasteiger partial charge is 0.319 e. The van der Waals surface area contributed by atoms with Crippen LogP contribution in [-0.2, 0) is 24.4 Å². The number of hydrogen-bond donors (Lipinski definition) is 1. The van der Waals surface area contributed by atoms with Crippen molar-refractivity contribution in [2.24, 2.45) is 0 Å². The summed E-state index contributed by atoms with van der Waals surface area (Å²) < 4.78 is 6.14. The molecule has 10 nitrogen and oxygen atoms in total. The zero-order valence-corrected chi connectivity index (χ0v) is 24.2. The Hall–Kier alpha value is -4.75. The fourth-order valence-corrected chi connectivity index (χ4v) is 6.36. The van der Waals surface area contributed by atoms with E-state index >= 15 is 0 Å². The first-order valence-electron chi connectivity index (χ1n) is 14.9. The third-order valence-electron chi connectivity index (χ3n) is 8.63. The minimum atomic E-state index is -0.198. The maximum Gasteiger partial charge on any atom is 0.319 e. The number of aryl methyl sites for hydroxylation is 1. The van der Waals surface area contributed by atoms with Gasteiger partial charge in [0.2, 0.25) is 5.91 Å². The number of rotatable bonds is 7. The number of nitriles is 1. The van der Waals surface area contributed by atoms with E-state index in [9.17, 15) is 10.1 Å². The van der Waals surface area contributed by atoms with Gasteiger partial charge in [0.25, 0.3) is 0 Å². The van der Waals surface area contributed by atoms with Gasteiger partial charge in [-0.15, -0.1) is 0 Å². The average molecular weight is 575 g/mol. The Morgan fingerprint density at radius 2 is 1.93 bits per heavy atom. The fraction of sp³-hybridized carbons (Fsp3) is 0.364. The summed E-state index contributed by atoms with van der Waals surface area (Å²) in [6.07, 6.45) is 2.80. The maximum atomic E-state index is 13.0. The molecule has 1 amide bonds. The molecule has 3 aliphatic rings. The highest BCUT2D eigenvalue weighted by molar-refractivity contribution is 5.97. The lowest BCUT2D eigenvalue weighted by Gasteiger charge is -2.42. The monoisotopic (exact) mass is 574 g/mol. The minimum absolute atomic E-state index is 0.0880. The number of benzene rings is 2. The van der Waals surface area contributed by atoms with Crippen LogP contribution in [0, 0.1) is 18.3 Å². The van der Waals surface area contributed by atoms with E-state index in [0.29, 0.717) is 38.7 Å². The highest BCUT2D eigenvalue weighted by Crippen LogP contribution is 2.36. The maximum absolute atomic E-state index is 13.0. The van der Waals surface area contributed by atoms with Crippen LogP contribution in [0.3, 0.4) is 0 Å². The second kappa shape index (κ2) is 11.5. The number of hydrogen-bond acceptors (Lipinski definition) is 9. The van der Waals surface area contributed by atoms with E-state index in [4.69, 9.17) is 14.7 Å². The van der Waals surface area contributed by atoms with Gasteiger partial charge in [-0.3, -0.25) is 9.78 Å². The molecule has 7 rings (SSSR count). The van der Waals surface area contributed by atoms with Gasteiger partial charge in [-0.25, -0.2) is 0 Å². The Morgan fingerprint density at radius 1 is 1.07 bits per heavy atom. The lowest BCUT2D eigenvalue weighted by atomic mass is 9.99. The van der Waals surface area contributed by atoms with Crippen LogP contribution in [0.1, 0.15) is 28.9 Å². The molecule has 0 unspecified atom stereocenters. The second-order valence-corrected chi connectivity index (χ2v) is 11.4. The van der Waals surface area contributed by atoms with E-state index in [1.807, 2.05) is 23.1 Å². The van der Waals surface area contributed by atoms with Crippen LogP contribution in [0.4, 0.5) is 11.5 Å². The number of aromatic nitrogens is 3. The number of fused-ring (bicyclic) bond motifs is 2. The predicted octanol–water partition coefficient (Wildman–Crippen LogP) is 3.38. The van der Waals surface area contributed by atoms with Crippen molar-refractivity contribution in [3.05, 3.63) is 83.3 Å². The van der Waals surface area contributed by atoms with Gasteiger partial charge in [0.15, 0.2) is 0 Å². The summed E-state index contributed by atoms with van der Waals surface area (Å²) in [7, 11) is 0. The van der Waals surface area contributed by atoms with Crippen molar-refractivity contribution in [1.82, 2.24) is 25.2 Å². The summed E-state index contributed by atoms with van der Waals surface area (Å²) in [6.45, 7) is 6.32. The van der Waals surface area contributed by atoms with Gasteiger partial charge in [0.1, 0.15) is 12.4 Å². The normalized spacial score (nSPS) is 19.6. The Balaban J connectivity index is 1.22. The van der Waals surface area contributed by atoms with E-state index in [0.717, 1.165) is 35.7 Å². The summed E-state index contributed by atoms with van der Waals surface area (Å²) in [4.78, 5) is 33.7. The van der Waals surface area contributed by atoms with Crippen molar-refractivity contribution in [3.8, 4) is 12.1 Å². The Bertz CT molecular complexity index is 1700. The number of pyridine rings is 1. The number of carbonyl (C=O) groups excluding carboxylic acids is 1. The van der Waals surface area contributed by atoms with Crippen LogP contribution in [0.2, 0.25) is 0 Å². The largest absolute Gasteiger partial charge is 0.457 e. The number of nitrogens with zero attached hydrogens (tertiary/aromatic N) is 7. The SMILES string of the molecule is Cc1cccc2cccc(N3CCc4c(nc(OCc5ccccn5)nc4N4CCN(C(=O)[C@H]5CN5)[C@@H](CC#N)C4)C3)c12. The van der Waals surface area contributed by atoms with Crippen molar-refractivity contribution in [1.29, 1.82) is 5.26 Å². The van der Waals surface area contributed by atoms with Gasteiger partial charge in [0.05, 0.1) is 42.5 Å². The molecule has 4 aromatic rings. The van der Waals surface area contributed by atoms with Crippen LogP contribution in [-0.4, -0.2) is 70.6 Å². The first kappa shape index (κ1) is 27.1. The highest BCUT2D eigenvalue weighted by atomic mass is 16.5. The summed E-state index contributed by atoms with van der Waals surface area (Å²) in [5.74, 6) is 0.930. The Labute approximate surface area is 250 Å². The molecule has 218 valence electrons. The van der Waals surface area contributed by atoms with Gasteiger partial charge in [-0.2, -0.15) is 15.2 Å². The number of carbonyl (C=O) groups is 1. The number of ether oxygens (including phenoxy) is 1. The molecule has 5 heterocycles. The predicted molar refractivity (Wildman–Crippen MR) is 164 cm³/mol. The molecule has 2 fully saturated rings. The summed E-state index contributed by atoms with van der Waals surface area (Å²) in [5, 5.41) is 15.2. The Morgan fingerprint density at radius 3 is 2.72 bits per heavy atom. The molecule has 2 saturated heterocycles. The molecule has 0 spiro atoms. The molecule has 2 aromatic carbocycles. The van der Waals surface area contributed by atoms with Gasteiger partial charge in [0, 0.05) is 55.6 Å². The molecule has 0 aliphatic carbocycles. The van der Waals surface area contributed by atoms with E-state index in [1.165, 1.54) is 22.0 Å². The zero-order chi connectivity index (χ0) is 29.3. The summed E-state index contributed by atoms with van der Waals surface area (Å²) in [6, 6.07) is 20.9. The lowest BCUT2D eigenvalue weighted by molar-refractivity contribution is -0.133. The Kier molecular flexibility index (Phi) is 7.25. The van der Waals surface area contributed by atoms with Crippen LogP contribution in [0.25, 0.3) is 10.8 Å². The molecule has 2 atom stereocenters.